The van der Waals surface area contributed by atoms with Gasteiger partial charge in [-0.05, 0) is 61.2 Å². The summed E-state index contributed by atoms with van der Waals surface area (Å²) in [7, 11) is 0. The molecule has 2 fully saturated rings. The number of hydrogen-bond acceptors (Lipinski definition) is 6. The summed E-state index contributed by atoms with van der Waals surface area (Å²) in [6.07, 6.45) is 1.10. The zero-order valence-electron chi connectivity index (χ0n) is 19.8. The molecule has 3 heterocycles. The second kappa shape index (κ2) is 10.5. The Balaban J connectivity index is 1.29. The van der Waals surface area contributed by atoms with Crippen molar-refractivity contribution in [1.82, 2.24) is 15.1 Å². The van der Waals surface area contributed by atoms with Crippen LogP contribution in [0.25, 0.3) is 0 Å². The maximum absolute atomic E-state index is 13.5. The number of piperidine rings is 1. The molecule has 0 aromatic heterocycles. The van der Waals surface area contributed by atoms with Gasteiger partial charge in [-0.3, -0.25) is 14.4 Å². The van der Waals surface area contributed by atoms with Crippen LogP contribution >= 0.6 is 0 Å². The lowest BCUT2D eigenvalue weighted by molar-refractivity contribution is -0.139. The van der Waals surface area contributed by atoms with Crippen molar-refractivity contribution < 1.29 is 33.0 Å². The SMILES string of the molecule is O=C(NC(C(=O)N1CCOCC1)C1CCN(C(=O)c2ccc(F)cc2)CC1)c1ccc2c(c1)OCO2. The van der Waals surface area contributed by atoms with E-state index in [4.69, 9.17) is 14.2 Å². The second-order valence-corrected chi connectivity index (χ2v) is 9.09. The average molecular weight is 498 g/mol. The molecule has 0 radical (unpaired) electrons. The molecule has 1 N–H and O–H groups in total. The zero-order chi connectivity index (χ0) is 25.1. The van der Waals surface area contributed by atoms with Crippen LogP contribution in [0.3, 0.4) is 0 Å². The summed E-state index contributed by atoms with van der Waals surface area (Å²) >= 11 is 0. The lowest BCUT2D eigenvalue weighted by Gasteiger charge is -2.38. The second-order valence-electron chi connectivity index (χ2n) is 9.09. The van der Waals surface area contributed by atoms with E-state index in [-0.39, 0.29) is 30.4 Å². The molecule has 0 aliphatic carbocycles. The van der Waals surface area contributed by atoms with Gasteiger partial charge in [0.25, 0.3) is 11.8 Å². The Bertz CT molecular complexity index is 1130. The van der Waals surface area contributed by atoms with E-state index in [1.54, 1.807) is 28.0 Å². The van der Waals surface area contributed by atoms with Crippen molar-refractivity contribution in [3.63, 3.8) is 0 Å². The van der Waals surface area contributed by atoms with E-state index in [1.165, 1.54) is 24.3 Å². The molecular weight excluding hydrogens is 469 g/mol. The number of hydrogen-bond donors (Lipinski definition) is 1. The minimum absolute atomic E-state index is 0.105. The largest absolute Gasteiger partial charge is 0.454 e. The van der Waals surface area contributed by atoms with Gasteiger partial charge in [0.2, 0.25) is 12.7 Å². The van der Waals surface area contributed by atoms with Gasteiger partial charge in [-0.25, -0.2) is 4.39 Å². The Morgan fingerprint density at radius 3 is 2.25 bits per heavy atom. The van der Waals surface area contributed by atoms with E-state index in [0.717, 1.165) is 0 Å². The molecule has 2 aromatic rings. The fraction of sp³-hybridized carbons (Fsp3) is 0.423. The molecule has 0 saturated carbocycles. The number of morpholine rings is 1. The molecule has 0 spiro atoms. The monoisotopic (exact) mass is 497 g/mol. The first-order valence-electron chi connectivity index (χ1n) is 12.1. The van der Waals surface area contributed by atoms with Gasteiger partial charge in [0.15, 0.2) is 11.5 Å². The summed E-state index contributed by atoms with van der Waals surface area (Å²) in [5.74, 6) is -0.158. The number of carbonyl (C=O) groups is 3. The van der Waals surface area contributed by atoms with E-state index in [0.29, 0.717) is 74.9 Å². The molecule has 36 heavy (non-hydrogen) atoms. The van der Waals surface area contributed by atoms with Crippen LogP contribution in [0, 0.1) is 11.7 Å². The predicted octanol–water partition coefficient (Wildman–Crippen LogP) is 2.06. The molecule has 2 saturated heterocycles. The van der Waals surface area contributed by atoms with Crippen molar-refractivity contribution in [3.05, 3.63) is 59.4 Å². The minimum Gasteiger partial charge on any atom is -0.454 e. The Morgan fingerprint density at radius 2 is 1.53 bits per heavy atom. The molecule has 5 rings (SSSR count). The molecule has 0 bridgehead atoms. The highest BCUT2D eigenvalue weighted by molar-refractivity contribution is 5.98. The van der Waals surface area contributed by atoms with Crippen LogP contribution in [-0.2, 0) is 9.53 Å². The highest BCUT2D eigenvalue weighted by Crippen LogP contribution is 2.32. The normalized spacial score (nSPS) is 18.6. The van der Waals surface area contributed by atoms with Crippen molar-refractivity contribution in [3.8, 4) is 11.5 Å². The maximum Gasteiger partial charge on any atom is 0.253 e. The van der Waals surface area contributed by atoms with Gasteiger partial charge >= 0.3 is 0 Å². The highest BCUT2D eigenvalue weighted by atomic mass is 19.1. The number of amides is 3. The van der Waals surface area contributed by atoms with E-state index in [1.807, 2.05) is 0 Å². The highest BCUT2D eigenvalue weighted by Gasteiger charge is 2.37. The van der Waals surface area contributed by atoms with Crippen molar-refractivity contribution in [1.29, 1.82) is 0 Å². The summed E-state index contributed by atoms with van der Waals surface area (Å²) in [5.41, 5.74) is 0.801. The van der Waals surface area contributed by atoms with Crippen molar-refractivity contribution in [2.24, 2.45) is 5.92 Å². The molecular formula is C26H28FN3O6. The number of fused-ring (bicyclic) bond motifs is 1. The van der Waals surface area contributed by atoms with E-state index in [2.05, 4.69) is 5.32 Å². The minimum atomic E-state index is -0.732. The molecule has 3 amide bonds. The topological polar surface area (TPSA) is 97.4 Å². The molecule has 3 aliphatic rings. The summed E-state index contributed by atoms with van der Waals surface area (Å²) in [6, 6.07) is 9.67. The number of ether oxygens (including phenoxy) is 3. The van der Waals surface area contributed by atoms with Gasteiger partial charge in [-0.1, -0.05) is 0 Å². The standard InChI is InChI=1S/C26H28FN3O6/c27-20-4-1-18(2-5-20)25(32)29-9-7-17(8-10-29)23(26(33)30-11-13-34-14-12-30)28-24(31)19-3-6-21-22(15-19)36-16-35-21/h1-6,15,17,23H,7-14,16H2,(H,28,31). The van der Waals surface area contributed by atoms with Crippen LogP contribution < -0.4 is 14.8 Å². The third kappa shape index (κ3) is 5.13. The Hall–Kier alpha value is -3.66. The third-order valence-electron chi connectivity index (χ3n) is 6.90. The van der Waals surface area contributed by atoms with Gasteiger partial charge in [0.05, 0.1) is 13.2 Å². The number of nitrogens with zero attached hydrogens (tertiary/aromatic N) is 2. The number of carbonyl (C=O) groups excluding carboxylic acids is 3. The third-order valence-corrected chi connectivity index (χ3v) is 6.90. The summed E-state index contributed by atoms with van der Waals surface area (Å²) in [4.78, 5) is 43.0. The first-order valence-corrected chi connectivity index (χ1v) is 12.1. The van der Waals surface area contributed by atoms with Crippen molar-refractivity contribution in [2.45, 2.75) is 18.9 Å². The number of benzene rings is 2. The van der Waals surface area contributed by atoms with Crippen LogP contribution in [0.4, 0.5) is 4.39 Å². The summed E-state index contributed by atoms with van der Waals surface area (Å²) in [6.45, 7) is 2.84. The van der Waals surface area contributed by atoms with Crippen LogP contribution in [0.5, 0.6) is 11.5 Å². The van der Waals surface area contributed by atoms with Gasteiger partial charge < -0.3 is 29.3 Å². The Kier molecular flexibility index (Phi) is 7.04. The van der Waals surface area contributed by atoms with Crippen LogP contribution in [0.15, 0.2) is 42.5 Å². The van der Waals surface area contributed by atoms with E-state index in [9.17, 15) is 18.8 Å². The van der Waals surface area contributed by atoms with E-state index < -0.39 is 11.9 Å². The fourth-order valence-corrected chi connectivity index (χ4v) is 4.83. The first kappa shape index (κ1) is 24.1. The van der Waals surface area contributed by atoms with Crippen LogP contribution in [-0.4, -0.2) is 79.7 Å². The number of halogens is 1. The van der Waals surface area contributed by atoms with Crippen LogP contribution in [0.2, 0.25) is 0 Å². The summed E-state index contributed by atoms with van der Waals surface area (Å²) < 4.78 is 29.3. The summed E-state index contributed by atoms with van der Waals surface area (Å²) in [5, 5.41) is 2.96. The predicted molar refractivity (Wildman–Crippen MR) is 126 cm³/mol. The van der Waals surface area contributed by atoms with Gasteiger partial charge in [-0.15, -0.1) is 0 Å². The Labute approximate surface area is 208 Å². The molecule has 190 valence electrons. The van der Waals surface area contributed by atoms with E-state index >= 15 is 0 Å². The first-order chi connectivity index (χ1) is 17.5. The van der Waals surface area contributed by atoms with Gasteiger partial charge in [-0.2, -0.15) is 0 Å². The smallest absolute Gasteiger partial charge is 0.253 e. The molecule has 9 nitrogen and oxygen atoms in total. The lowest BCUT2D eigenvalue weighted by atomic mass is 9.87. The molecule has 1 unspecified atom stereocenters. The van der Waals surface area contributed by atoms with Gasteiger partial charge in [0.1, 0.15) is 11.9 Å². The molecule has 2 aromatic carbocycles. The molecule has 3 aliphatic heterocycles. The van der Waals surface area contributed by atoms with Crippen molar-refractivity contribution >= 4 is 17.7 Å². The number of likely N-dealkylation sites (tertiary alicyclic amines) is 1. The fourth-order valence-electron chi connectivity index (χ4n) is 4.83. The molecule has 1 atom stereocenters. The quantitative estimate of drug-likeness (QED) is 0.680. The van der Waals surface area contributed by atoms with Gasteiger partial charge in [0, 0.05) is 37.3 Å². The Morgan fingerprint density at radius 1 is 0.861 bits per heavy atom. The van der Waals surface area contributed by atoms with Crippen LogP contribution in [0.1, 0.15) is 33.6 Å². The maximum atomic E-state index is 13.5. The average Bonchev–Trinajstić information content (AvgIpc) is 3.40. The molecule has 10 heteroatoms. The van der Waals surface area contributed by atoms with Crippen molar-refractivity contribution in [2.75, 3.05) is 46.2 Å². The number of rotatable bonds is 5. The lowest BCUT2D eigenvalue weighted by Crippen LogP contribution is -2.56. The zero-order valence-corrected chi connectivity index (χ0v) is 19.8. The number of nitrogens with one attached hydrogen (secondary N) is 1.